The molecule has 2 bridgehead atoms. The fourth-order valence-electron chi connectivity index (χ4n) is 5.45. The largest absolute Gasteiger partial charge is 0.489 e. The van der Waals surface area contributed by atoms with E-state index in [-0.39, 0.29) is 41.5 Å². The van der Waals surface area contributed by atoms with Gasteiger partial charge in [-0.2, -0.15) is 0 Å². The molecule has 34 heavy (non-hydrogen) atoms. The van der Waals surface area contributed by atoms with Gasteiger partial charge in [0.15, 0.2) is 14.9 Å². The minimum absolute atomic E-state index is 0.0705. The van der Waals surface area contributed by atoms with Crippen LogP contribution < -0.4 is 4.74 Å². The number of carbonyl (C=O) groups excluding carboxylic acids is 1. The average Bonchev–Trinajstić information content (AvgIpc) is 3.00. The number of aryl methyl sites for hydroxylation is 1. The van der Waals surface area contributed by atoms with Crippen molar-refractivity contribution in [1.82, 2.24) is 9.88 Å². The number of pyridine rings is 1. The predicted octanol–water partition coefficient (Wildman–Crippen LogP) is 4.43. The summed E-state index contributed by atoms with van der Waals surface area (Å²) in [6.45, 7) is 7.50. The zero-order valence-corrected chi connectivity index (χ0v) is 21.8. The third-order valence-electron chi connectivity index (χ3n) is 6.99. The second-order valence-electron chi connectivity index (χ2n) is 11.0. The van der Waals surface area contributed by atoms with E-state index in [1.165, 1.54) is 6.07 Å². The van der Waals surface area contributed by atoms with E-state index < -0.39 is 15.4 Å². The number of amides is 1. The zero-order chi connectivity index (χ0) is 24.7. The minimum Gasteiger partial charge on any atom is -0.489 e. The highest BCUT2D eigenvalue weighted by Crippen LogP contribution is 2.39. The third kappa shape index (κ3) is 6.03. The molecule has 8 nitrogen and oxygen atoms in total. The van der Waals surface area contributed by atoms with Crippen molar-refractivity contribution in [2.24, 2.45) is 0 Å². The van der Waals surface area contributed by atoms with Crippen molar-refractivity contribution in [3.8, 4) is 5.75 Å². The van der Waals surface area contributed by atoms with Gasteiger partial charge in [0.25, 0.3) is 0 Å². The predicted molar refractivity (Wildman–Crippen MR) is 128 cm³/mol. The second-order valence-corrected chi connectivity index (χ2v) is 13.0. The fourth-order valence-corrected chi connectivity index (χ4v) is 6.06. The van der Waals surface area contributed by atoms with Crippen LogP contribution >= 0.6 is 0 Å². The van der Waals surface area contributed by atoms with Gasteiger partial charge in [-0.3, -0.25) is 0 Å². The molecule has 2 saturated heterocycles. The number of hydrogen-bond donors (Lipinski definition) is 0. The molecule has 2 unspecified atom stereocenters. The highest BCUT2D eigenvalue weighted by molar-refractivity contribution is 7.90. The van der Waals surface area contributed by atoms with Gasteiger partial charge in [-0.1, -0.05) is 0 Å². The number of aromatic nitrogens is 1. The van der Waals surface area contributed by atoms with Crippen molar-refractivity contribution in [2.75, 3.05) is 6.26 Å². The lowest BCUT2D eigenvalue weighted by Gasteiger charge is -2.41. The summed E-state index contributed by atoms with van der Waals surface area (Å²) >= 11 is 0. The lowest BCUT2D eigenvalue weighted by molar-refractivity contribution is -0.0813. The number of fused-ring (bicyclic) bond motifs is 2. The summed E-state index contributed by atoms with van der Waals surface area (Å²) in [6, 6.07) is 3.63. The molecule has 190 valence electrons. The summed E-state index contributed by atoms with van der Waals surface area (Å²) in [4.78, 5) is 18.8. The molecule has 2 aliphatic heterocycles. The first-order chi connectivity index (χ1) is 15.9. The van der Waals surface area contributed by atoms with Crippen LogP contribution in [0.25, 0.3) is 0 Å². The molecule has 0 spiro atoms. The Kier molecular flexibility index (Phi) is 7.16. The van der Waals surface area contributed by atoms with Crippen molar-refractivity contribution in [3.05, 3.63) is 17.8 Å². The third-order valence-corrected chi connectivity index (χ3v) is 7.97. The summed E-state index contributed by atoms with van der Waals surface area (Å²) in [5.41, 5.74) is 0.114. The van der Waals surface area contributed by atoms with Crippen LogP contribution in [0, 0.1) is 6.92 Å². The Morgan fingerprint density at radius 1 is 0.971 bits per heavy atom. The van der Waals surface area contributed by atoms with Crippen molar-refractivity contribution < 1.29 is 27.4 Å². The maximum atomic E-state index is 12.7. The first-order valence-electron chi connectivity index (χ1n) is 12.4. The summed E-state index contributed by atoms with van der Waals surface area (Å²) in [7, 11) is -3.33. The smallest absolute Gasteiger partial charge is 0.410 e. The molecule has 3 heterocycles. The van der Waals surface area contributed by atoms with E-state index >= 15 is 0 Å². The number of sulfone groups is 1. The maximum absolute atomic E-state index is 12.7. The Labute approximate surface area is 203 Å². The molecule has 0 N–H and O–H groups in total. The molecule has 3 fully saturated rings. The van der Waals surface area contributed by atoms with Crippen LogP contribution in [0.2, 0.25) is 0 Å². The number of ether oxygens (including phenoxy) is 3. The van der Waals surface area contributed by atoms with E-state index in [2.05, 4.69) is 4.98 Å². The van der Waals surface area contributed by atoms with Gasteiger partial charge in [0.1, 0.15) is 11.4 Å². The molecular weight excluding hydrogens is 456 g/mol. The molecule has 3 aliphatic rings. The molecule has 9 heteroatoms. The number of nitrogens with zero attached hydrogens (tertiary/aromatic N) is 2. The topological polar surface area (TPSA) is 95.0 Å². The van der Waals surface area contributed by atoms with Gasteiger partial charge in [0.05, 0.1) is 24.0 Å². The number of piperidine rings is 1. The molecular formula is C25H38N2O6S. The van der Waals surface area contributed by atoms with E-state index in [1.807, 2.05) is 25.7 Å². The summed E-state index contributed by atoms with van der Waals surface area (Å²) in [5, 5.41) is 0.0705. The Morgan fingerprint density at radius 3 is 2.09 bits per heavy atom. The second kappa shape index (κ2) is 9.64. The SMILES string of the molecule is Cc1nc(S(C)(=O)=O)ccc1OC1CCC(OC2CC3CCC(C2)N3C(=O)OC(C)(C)C)CC1. The van der Waals surface area contributed by atoms with Crippen LogP contribution in [-0.2, 0) is 19.3 Å². The van der Waals surface area contributed by atoms with E-state index in [9.17, 15) is 13.2 Å². The first-order valence-corrected chi connectivity index (χ1v) is 14.3. The molecule has 4 rings (SSSR count). The summed E-state index contributed by atoms with van der Waals surface area (Å²) < 4.78 is 41.7. The van der Waals surface area contributed by atoms with Crippen LogP contribution in [0.15, 0.2) is 17.2 Å². The minimum atomic E-state index is -3.33. The fraction of sp³-hybridized carbons (Fsp3) is 0.760. The van der Waals surface area contributed by atoms with Crippen LogP contribution in [0.3, 0.4) is 0 Å². The number of hydrogen-bond acceptors (Lipinski definition) is 7. The molecule has 1 aliphatic carbocycles. The normalized spacial score (nSPS) is 29.7. The Hall–Kier alpha value is -1.87. The molecule has 1 amide bonds. The van der Waals surface area contributed by atoms with Crippen molar-refractivity contribution in [1.29, 1.82) is 0 Å². The van der Waals surface area contributed by atoms with Crippen LogP contribution in [0.4, 0.5) is 4.79 Å². The van der Waals surface area contributed by atoms with Gasteiger partial charge >= 0.3 is 6.09 Å². The van der Waals surface area contributed by atoms with Crippen molar-refractivity contribution >= 4 is 15.9 Å². The van der Waals surface area contributed by atoms with Crippen LogP contribution in [0.5, 0.6) is 5.75 Å². The Bertz CT molecular complexity index is 983. The molecule has 2 atom stereocenters. The van der Waals surface area contributed by atoms with E-state index in [0.717, 1.165) is 57.6 Å². The van der Waals surface area contributed by atoms with Gasteiger partial charge in [-0.25, -0.2) is 18.2 Å². The first kappa shape index (κ1) is 25.2. The van der Waals surface area contributed by atoms with E-state index in [1.54, 1.807) is 13.0 Å². The van der Waals surface area contributed by atoms with Crippen molar-refractivity contribution in [2.45, 2.75) is 120 Å². The molecule has 0 aromatic carbocycles. The molecule has 1 aromatic rings. The van der Waals surface area contributed by atoms with Gasteiger partial charge in [0, 0.05) is 18.3 Å². The van der Waals surface area contributed by atoms with E-state index in [0.29, 0.717) is 11.4 Å². The molecule has 1 saturated carbocycles. The van der Waals surface area contributed by atoms with E-state index in [4.69, 9.17) is 14.2 Å². The summed E-state index contributed by atoms with van der Waals surface area (Å²) in [5.74, 6) is 0.642. The highest BCUT2D eigenvalue weighted by Gasteiger charge is 2.45. The average molecular weight is 495 g/mol. The lowest BCUT2D eigenvalue weighted by Crippen LogP contribution is -2.50. The summed E-state index contributed by atoms with van der Waals surface area (Å²) in [6.07, 6.45) is 8.89. The van der Waals surface area contributed by atoms with Gasteiger partial charge in [0.2, 0.25) is 0 Å². The Morgan fingerprint density at radius 2 is 1.56 bits per heavy atom. The lowest BCUT2D eigenvalue weighted by atomic mass is 9.93. The molecule has 1 aromatic heterocycles. The van der Waals surface area contributed by atoms with Crippen LogP contribution in [-0.4, -0.2) is 66.6 Å². The zero-order valence-electron chi connectivity index (χ0n) is 21.0. The quantitative estimate of drug-likeness (QED) is 0.597. The van der Waals surface area contributed by atoms with Gasteiger partial charge in [-0.15, -0.1) is 0 Å². The highest BCUT2D eigenvalue weighted by atomic mass is 32.2. The Balaban J connectivity index is 1.25. The standard InChI is InChI=1S/C25H38N2O6S/c1-16-22(12-13-23(26-16)34(5,29)30)32-20-10-8-19(9-11-20)31-21-14-17-6-7-18(15-21)27(17)24(28)33-25(2,3)4/h12-13,17-21H,6-11,14-15H2,1-5H3. The van der Waals surface area contributed by atoms with Crippen LogP contribution in [0.1, 0.15) is 77.8 Å². The number of rotatable bonds is 5. The van der Waals surface area contributed by atoms with Gasteiger partial charge < -0.3 is 19.1 Å². The van der Waals surface area contributed by atoms with Gasteiger partial charge in [-0.05, 0) is 91.2 Å². The molecule has 0 radical (unpaired) electrons. The van der Waals surface area contributed by atoms with Crippen molar-refractivity contribution in [3.63, 3.8) is 0 Å². The maximum Gasteiger partial charge on any atom is 0.410 e. The number of carbonyl (C=O) groups is 1. The monoisotopic (exact) mass is 494 g/mol.